The molecule has 41 heavy (non-hydrogen) atoms. The molecule has 5 aromatic rings. The van der Waals surface area contributed by atoms with Crippen molar-refractivity contribution in [3.8, 4) is 17.2 Å². The third-order valence-electron chi connectivity index (χ3n) is 6.47. The standard InChI is InChI=1S/C35H33NO5/c1-3-5-21-39-28-18-16-27(17-19-28)34(37)29(35-36-30-13-9-10-14-31(30)41-35)22-26-15-20-32(33(23-26)38-4-2)40-24-25-11-7-6-8-12-25/h6-20,22-23H,3-5,21,24H2,1-2H3/b29-22-. The number of rotatable bonds is 13. The van der Waals surface area contributed by atoms with Gasteiger partial charge in [0.1, 0.15) is 17.9 Å². The summed E-state index contributed by atoms with van der Waals surface area (Å²) in [7, 11) is 0. The summed E-state index contributed by atoms with van der Waals surface area (Å²) < 4.78 is 23.8. The monoisotopic (exact) mass is 547 g/mol. The van der Waals surface area contributed by atoms with Gasteiger partial charge in [-0.15, -0.1) is 0 Å². The highest BCUT2D eigenvalue weighted by atomic mass is 16.5. The van der Waals surface area contributed by atoms with Crippen molar-refractivity contribution in [2.24, 2.45) is 0 Å². The van der Waals surface area contributed by atoms with Crippen LogP contribution in [0.15, 0.2) is 101 Å². The molecule has 0 aliphatic heterocycles. The first kappa shape index (κ1) is 27.7. The predicted molar refractivity (Wildman–Crippen MR) is 161 cm³/mol. The number of carbonyl (C=O) groups is 1. The number of hydrogen-bond acceptors (Lipinski definition) is 6. The van der Waals surface area contributed by atoms with Gasteiger partial charge < -0.3 is 18.6 Å². The number of Topliss-reactive ketones (excluding diaryl/α,β-unsaturated/α-hetero) is 1. The summed E-state index contributed by atoms with van der Waals surface area (Å²) >= 11 is 0. The Labute approximate surface area is 240 Å². The number of benzene rings is 4. The number of aromatic nitrogens is 1. The lowest BCUT2D eigenvalue weighted by atomic mass is 10.0. The molecule has 5 rings (SSSR count). The van der Waals surface area contributed by atoms with E-state index in [4.69, 9.17) is 18.6 Å². The van der Waals surface area contributed by atoms with E-state index < -0.39 is 0 Å². The topological polar surface area (TPSA) is 70.8 Å². The molecule has 0 aliphatic rings. The SMILES string of the molecule is CCCCOc1ccc(C(=O)/C(=C/c2ccc(OCc3ccccc3)c(OCC)c2)c2nc3ccccc3o2)cc1. The van der Waals surface area contributed by atoms with Gasteiger partial charge in [0.2, 0.25) is 5.89 Å². The van der Waals surface area contributed by atoms with E-state index in [0.29, 0.717) is 53.6 Å². The fourth-order valence-corrected chi connectivity index (χ4v) is 4.31. The molecule has 0 radical (unpaired) electrons. The summed E-state index contributed by atoms with van der Waals surface area (Å²) in [4.78, 5) is 18.5. The van der Waals surface area contributed by atoms with Crippen LogP contribution in [-0.2, 0) is 6.61 Å². The first-order valence-corrected chi connectivity index (χ1v) is 13.9. The molecule has 0 amide bonds. The molecule has 0 atom stereocenters. The largest absolute Gasteiger partial charge is 0.494 e. The van der Waals surface area contributed by atoms with Crippen LogP contribution in [0.5, 0.6) is 17.2 Å². The van der Waals surface area contributed by atoms with Crippen LogP contribution in [0, 0.1) is 0 Å². The number of ether oxygens (including phenoxy) is 3. The lowest BCUT2D eigenvalue weighted by molar-refractivity contribution is 0.105. The lowest BCUT2D eigenvalue weighted by Gasteiger charge is -2.13. The lowest BCUT2D eigenvalue weighted by Crippen LogP contribution is -2.04. The highest BCUT2D eigenvalue weighted by Crippen LogP contribution is 2.32. The number of carbonyl (C=O) groups excluding carboxylic acids is 1. The van der Waals surface area contributed by atoms with Crippen molar-refractivity contribution in [3.63, 3.8) is 0 Å². The molecule has 6 nitrogen and oxygen atoms in total. The van der Waals surface area contributed by atoms with Gasteiger partial charge in [-0.3, -0.25) is 4.79 Å². The van der Waals surface area contributed by atoms with Crippen LogP contribution in [0.4, 0.5) is 0 Å². The van der Waals surface area contributed by atoms with Crippen LogP contribution < -0.4 is 14.2 Å². The molecule has 208 valence electrons. The Morgan fingerprint density at radius 2 is 1.61 bits per heavy atom. The molecule has 0 saturated carbocycles. The number of oxazole rings is 1. The van der Waals surface area contributed by atoms with Gasteiger partial charge in [0, 0.05) is 5.56 Å². The van der Waals surface area contributed by atoms with Crippen LogP contribution in [-0.4, -0.2) is 24.0 Å². The molecule has 4 aromatic carbocycles. The number of unbranched alkanes of at least 4 members (excludes halogenated alkanes) is 1. The van der Waals surface area contributed by atoms with E-state index in [2.05, 4.69) is 11.9 Å². The molecule has 1 heterocycles. The third kappa shape index (κ3) is 7.03. The number of fused-ring (bicyclic) bond motifs is 1. The highest BCUT2D eigenvalue weighted by molar-refractivity contribution is 6.31. The third-order valence-corrected chi connectivity index (χ3v) is 6.47. The summed E-state index contributed by atoms with van der Waals surface area (Å²) in [6.07, 6.45) is 3.81. The quantitative estimate of drug-likeness (QED) is 0.0837. The minimum atomic E-state index is -0.209. The van der Waals surface area contributed by atoms with Gasteiger partial charge >= 0.3 is 0 Å². The van der Waals surface area contributed by atoms with Gasteiger partial charge in [0.15, 0.2) is 22.9 Å². The zero-order valence-corrected chi connectivity index (χ0v) is 23.3. The maximum absolute atomic E-state index is 13.9. The summed E-state index contributed by atoms with van der Waals surface area (Å²) in [5, 5.41) is 0. The Morgan fingerprint density at radius 1 is 0.829 bits per heavy atom. The van der Waals surface area contributed by atoms with Crippen LogP contribution in [0.1, 0.15) is 54.1 Å². The van der Waals surface area contributed by atoms with Crippen molar-refractivity contribution >= 4 is 28.5 Å². The minimum Gasteiger partial charge on any atom is -0.494 e. The van der Waals surface area contributed by atoms with E-state index in [9.17, 15) is 4.79 Å². The molecule has 0 aliphatic carbocycles. The van der Waals surface area contributed by atoms with Crippen molar-refractivity contribution in [1.82, 2.24) is 4.98 Å². The second-order valence-electron chi connectivity index (χ2n) is 9.51. The van der Waals surface area contributed by atoms with E-state index in [1.165, 1.54) is 0 Å². The van der Waals surface area contributed by atoms with Crippen molar-refractivity contribution < 1.29 is 23.4 Å². The van der Waals surface area contributed by atoms with Gasteiger partial charge in [-0.1, -0.05) is 61.9 Å². The number of hydrogen-bond donors (Lipinski definition) is 0. The normalized spacial score (nSPS) is 11.4. The van der Waals surface area contributed by atoms with Crippen LogP contribution >= 0.6 is 0 Å². The van der Waals surface area contributed by atoms with Crippen molar-refractivity contribution in [3.05, 3.63) is 120 Å². The van der Waals surface area contributed by atoms with Gasteiger partial charge in [-0.25, -0.2) is 4.98 Å². The molecule has 1 aromatic heterocycles. The Kier molecular flexibility index (Phi) is 9.12. The average molecular weight is 548 g/mol. The maximum Gasteiger partial charge on any atom is 0.231 e. The number of allylic oxidation sites excluding steroid dienone is 1. The second kappa shape index (κ2) is 13.5. The smallest absolute Gasteiger partial charge is 0.231 e. The van der Waals surface area contributed by atoms with E-state index in [0.717, 1.165) is 29.7 Å². The summed E-state index contributed by atoms with van der Waals surface area (Å²) in [5.41, 5.74) is 3.95. The number of ketones is 1. The Balaban J connectivity index is 1.48. The zero-order chi connectivity index (χ0) is 28.4. The molecule has 0 spiro atoms. The molecule has 0 fully saturated rings. The van der Waals surface area contributed by atoms with E-state index in [1.54, 1.807) is 18.2 Å². The maximum atomic E-state index is 13.9. The van der Waals surface area contributed by atoms with Gasteiger partial charge in [0.05, 0.1) is 18.8 Å². The van der Waals surface area contributed by atoms with Crippen LogP contribution in [0.2, 0.25) is 0 Å². The Morgan fingerprint density at radius 3 is 2.37 bits per heavy atom. The molecular formula is C35H33NO5. The van der Waals surface area contributed by atoms with Gasteiger partial charge in [-0.05, 0) is 79.1 Å². The van der Waals surface area contributed by atoms with Crippen molar-refractivity contribution in [1.29, 1.82) is 0 Å². The summed E-state index contributed by atoms with van der Waals surface area (Å²) in [6, 6.07) is 30.2. The minimum absolute atomic E-state index is 0.209. The van der Waals surface area contributed by atoms with Crippen LogP contribution in [0.3, 0.4) is 0 Å². The Bertz CT molecular complexity index is 1590. The number of nitrogens with zero attached hydrogens (tertiary/aromatic N) is 1. The fraction of sp³-hybridized carbons (Fsp3) is 0.200. The number of para-hydroxylation sites is 2. The van der Waals surface area contributed by atoms with E-state index in [1.807, 2.05) is 91.9 Å². The molecule has 0 saturated heterocycles. The van der Waals surface area contributed by atoms with E-state index in [-0.39, 0.29) is 11.7 Å². The predicted octanol–water partition coefficient (Wildman–Crippen LogP) is 8.41. The average Bonchev–Trinajstić information content (AvgIpc) is 3.44. The molecule has 0 N–H and O–H groups in total. The van der Waals surface area contributed by atoms with Gasteiger partial charge in [-0.2, -0.15) is 0 Å². The molecular weight excluding hydrogens is 514 g/mol. The Hall–Kier alpha value is -4.84. The van der Waals surface area contributed by atoms with Crippen LogP contribution in [0.25, 0.3) is 22.7 Å². The fourth-order valence-electron chi connectivity index (χ4n) is 4.31. The second-order valence-corrected chi connectivity index (χ2v) is 9.51. The van der Waals surface area contributed by atoms with E-state index >= 15 is 0 Å². The first-order chi connectivity index (χ1) is 20.1. The summed E-state index contributed by atoms with van der Waals surface area (Å²) in [5.74, 6) is 1.99. The highest BCUT2D eigenvalue weighted by Gasteiger charge is 2.21. The molecule has 0 unspecified atom stereocenters. The van der Waals surface area contributed by atoms with Crippen molar-refractivity contribution in [2.75, 3.05) is 13.2 Å². The van der Waals surface area contributed by atoms with Gasteiger partial charge in [0.25, 0.3) is 0 Å². The summed E-state index contributed by atoms with van der Waals surface area (Å²) in [6.45, 7) is 5.57. The molecule has 6 heteroatoms. The molecule has 0 bridgehead atoms. The van der Waals surface area contributed by atoms with Crippen molar-refractivity contribution in [2.45, 2.75) is 33.3 Å². The zero-order valence-electron chi connectivity index (χ0n) is 23.3. The first-order valence-electron chi connectivity index (χ1n) is 13.9.